The number of nitrogens with zero attached hydrogens (tertiary/aromatic N) is 3. The van der Waals surface area contributed by atoms with E-state index in [-0.39, 0.29) is 6.37 Å². The van der Waals surface area contributed by atoms with Crippen LogP contribution in [0.4, 0.5) is 0 Å². The highest BCUT2D eigenvalue weighted by molar-refractivity contribution is 6.14. The number of furan rings is 1. The van der Waals surface area contributed by atoms with E-state index in [2.05, 4.69) is 113 Å². The molecule has 6 aromatic rings. The molecule has 0 N–H and O–H groups in total. The molecule has 0 amide bonds. The lowest BCUT2D eigenvalue weighted by Gasteiger charge is -2.23. The summed E-state index contributed by atoms with van der Waals surface area (Å²) in [5, 5.41) is 1.83. The van der Waals surface area contributed by atoms with Gasteiger partial charge in [0.2, 0.25) is 5.69 Å². The van der Waals surface area contributed by atoms with Crippen LogP contribution in [0.3, 0.4) is 0 Å². The van der Waals surface area contributed by atoms with Gasteiger partial charge in [0.05, 0.1) is 5.56 Å². The molecule has 0 aliphatic carbocycles. The van der Waals surface area contributed by atoms with Gasteiger partial charge in [0, 0.05) is 29.1 Å². The van der Waals surface area contributed by atoms with Crippen LogP contribution in [0.2, 0.25) is 0 Å². The second kappa shape index (κ2) is 9.33. The van der Waals surface area contributed by atoms with E-state index in [1.807, 2.05) is 0 Å². The first kappa shape index (κ1) is 24.1. The Morgan fingerprint density at radius 2 is 1.54 bits per heavy atom. The number of benzene rings is 2. The Morgan fingerprint density at radius 3 is 2.21 bits per heavy atom. The lowest BCUT2D eigenvalue weighted by molar-refractivity contribution is -0.660. The number of pyridine rings is 2. The standard InChI is InChI=1S/C34H36N3O2/c1-18(2)23-13-25(19(3)4)30(26(14-23)20(5)6)22-11-12-37(8)28(15-22)29-21(7)9-10-24-27-16-35-34-31(36-17-38-34)33(27)39-32(24)29/h9-20H,1-8H3/q+1/i17D. The molecule has 5 heteroatoms. The number of aromatic nitrogens is 3. The van der Waals surface area contributed by atoms with Crippen molar-refractivity contribution in [2.24, 2.45) is 7.05 Å². The Labute approximate surface area is 230 Å². The average molecular weight is 520 g/mol. The third kappa shape index (κ3) is 4.03. The first-order valence-electron chi connectivity index (χ1n) is 14.3. The van der Waals surface area contributed by atoms with Gasteiger partial charge in [-0.05, 0) is 58.1 Å². The minimum absolute atomic E-state index is 0.170. The molecule has 0 aliphatic rings. The Kier molecular flexibility index (Phi) is 5.76. The van der Waals surface area contributed by atoms with Crippen molar-refractivity contribution >= 4 is 33.2 Å². The third-order valence-electron chi connectivity index (χ3n) is 7.96. The van der Waals surface area contributed by atoms with E-state index in [9.17, 15) is 0 Å². The zero-order chi connectivity index (χ0) is 28.5. The van der Waals surface area contributed by atoms with Crippen molar-refractivity contribution in [3.63, 3.8) is 0 Å². The predicted molar refractivity (Wildman–Crippen MR) is 158 cm³/mol. The van der Waals surface area contributed by atoms with Crippen LogP contribution in [0.15, 0.2) is 64.0 Å². The highest BCUT2D eigenvalue weighted by atomic mass is 16.4. The summed E-state index contributed by atoms with van der Waals surface area (Å²) in [7, 11) is 2.08. The maximum atomic E-state index is 7.85. The Hall–Kier alpha value is -3.99. The third-order valence-corrected chi connectivity index (χ3v) is 7.96. The van der Waals surface area contributed by atoms with Crippen molar-refractivity contribution in [2.75, 3.05) is 0 Å². The molecule has 4 aromatic heterocycles. The molecule has 39 heavy (non-hydrogen) atoms. The lowest BCUT2D eigenvalue weighted by Crippen LogP contribution is -2.30. The quantitative estimate of drug-likeness (QED) is 0.213. The zero-order valence-corrected chi connectivity index (χ0v) is 24.0. The molecule has 6 rings (SSSR count). The fraction of sp³-hybridized carbons (Fsp3) is 0.324. The van der Waals surface area contributed by atoms with Gasteiger partial charge in [-0.15, -0.1) is 0 Å². The Bertz CT molecular complexity index is 1900. The van der Waals surface area contributed by atoms with Gasteiger partial charge in [-0.2, -0.15) is 0 Å². The van der Waals surface area contributed by atoms with Gasteiger partial charge in [0.1, 0.15) is 14.0 Å². The molecule has 0 saturated carbocycles. The van der Waals surface area contributed by atoms with Crippen LogP contribution in [-0.2, 0) is 7.05 Å². The smallest absolute Gasteiger partial charge is 0.250 e. The topological polar surface area (TPSA) is 55.9 Å². The minimum atomic E-state index is -0.170. The first-order valence-corrected chi connectivity index (χ1v) is 13.8. The highest BCUT2D eigenvalue weighted by Crippen LogP contribution is 2.42. The van der Waals surface area contributed by atoms with Gasteiger partial charge >= 0.3 is 0 Å². The van der Waals surface area contributed by atoms with E-state index in [4.69, 9.17) is 10.2 Å². The summed E-state index contributed by atoms with van der Waals surface area (Å²) in [5.41, 5.74) is 12.1. The van der Waals surface area contributed by atoms with Gasteiger partial charge in [0.25, 0.3) is 5.71 Å². The Morgan fingerprint density at radius 1 is 0.821 bits per heavy atom. The van der Waals surface area contributed by atoms with Crippen LogP contribution >= 0.6 is 0 Å². The summed E-state index contributed by atoms with van der Waals surface area (Å²) in [6.45, 7) is 15.8. The van der Waals surface area contributed by atoms with Crippen LogP contribution in [-0.4, -0.2) is 9.97 Å². The molecule has 198 valence electrons. The molecule has 0 aliphatic heterocycles. The number of aryl methyl sites for hydroxylation is 2. The molecule has 0 fully saturated rings. The fourth-order valence-corrected chi connectivity index (χ4v) is 5.73. The van der Waals surface area contributed by atoms with Gasteiger partial charge in [-0.3, -0.25) is 0 Å². The molecule has 0 unspecified atom stereocenters. The molecule has 5 nitrogen and oxygen atoms in total. The average Bonchev–Trinajstić information content (AvgIpc) is 3.48. The van der Waals surface area contributed by atoms with Gasteiger partial charge in [-0.1, -0.05) is 65.8 Å². The summed E-state index contributed by atoms with van der Waals surface area (Å²) in [6.07, 6.45) is 3.74. The maximum Gasteiger partial charge on any atom is 0.250 e. The van der Waals surface area contributed by atoms with Crippen molar-refractivity contribution in [2.45, 2.75) is 66.2 Å². The SMILES string of the molecule is [2H]c1nc2c(ncc3c4ccc(C)c(-c5cc(-c6c(C(C)C)cc(C(C)C)cc6C(C)C)cc[n+]5C)c4oc32)o1. The van der Waals surface area contributed by atoms with Crippen molar-refractivity contribution in [3.8, 4) is 22.4 Å². The normalized spacial score (nSPS) is 12.6. The number of fused-ring (bicyclic) bond motifs is 5. The van der Waals surface area contributed by atoms with Crippen molar-refractivity contribution in [1.29, 1.82) is 0 Å². The van der Waals surface area contributed by atoms with E-state index in [1.165, 1.54) is 27.8 Å². The zero-order valence-electron chi connectivity index (χ0n) is 25.0. The van der Waals surface area contributed by atoms with Crippen molar-refractivity contribution < 1.29 is 14.8 Å². The van der Waals surface area contributed by atoms with Crippen LogP contribution < -0.4 is 4.57 Å². The van der Waals surface area contributed by atoms with E-state index in [1.54, 1.807) is 6.20 Å². The van der Waals surface area contributed by atoms with E-state index >= 15 is 0 Å². The first-order chi connectivity index (χ1) is 19.0. The molecule has 0 saturated heterocycles. The number of hydrogen-bond donors (Lipinski definition) is 0. The van der Waals surface area contributed by atoms with Crippen LogP contribution in [0, 0.1) is 6.92 Å². The maximum absolute atomic E-state index is 7.85. The monoisotopic (exact) mass is 519 g/mol. The molecular formula is C34H36N3O2+. The minimum Gasteiger partial charge on any atom is -0.453 e. The molecule has 0 atom stereocenters. The predicted octanol–water partition coefficient (Wildman–Crippen LogP) is 8.96. The molecule has 4 heterocycles. The van der Waals surface area contributed by atoms with Crippen molar-refractivity contribution in [3.05, 3.63) is 77.4 Å². The summed E-state index contributed by atoms with van der Waals surface area (Å²) in [4.78, 5) is 8.65. The molecular weight excluding hydrogens is 482 g/mol. The van der Waals surface area contributed by atoms with E-state index in [0.29, 0.717) is 34.6 Å². The molecule has 0 bridgehead atoms. The summed E-state index contributed by atoms with van der Waals surface area (Å²) in [5.74, 6) is 1.25. The molecule has 0 radical (unpaired) electrons. The summed E-state index contributed by atoms with van der Waals surface area (Å²) in [6, 6.07) is 13.6. The second-order valence-electron chi connectivity index (χ2n) is 11.6. The van der Waals surface area contributed by atoms with Crippen LogP contribution in [0.25, 0.3) is 55.6 Å². The Balaban J connectivity index is 1.64. The molecule has 0 spiro atoms. The summed E-state index contributed by atoms with van der Waals surface area (Å²) >= 11 is 0. The summed E-state index contributed by atoms with van der Waals surface area (Å²) < 4.78 is 21.9. The number of hydrogen-bond acceptors (Lipinski definition) is 4. The van der Waals surface area contributed by atoms with E-state index in [0.717, 1.165) is 33.2 Å². The van der Waals surface area contributed by atoms with Crippen LogP contribution in [0.5, 0.6) is 0 Å². The second-order valence-corrected chi connectivity index (χ2v) is 11.6. The van der Waals surface area contributed by atoms with Gasteiger partial charge < -0.3 is 8.83 Å². The van der Waals surface area contributed by atoms with Crippen LogP contribution in [0.1, 0.15) is 82.9 Å². The lowest BCUT2D eigenvalue weighted by atomic mass is 9.81. The van der Waals surface area contributed by atoms with Gasteiger partial charge in [0.15, 0.2) is 23.7 Å². The fourth-order valence-electron chi connectivity index (χ4n) is 5.73. The highest BCUT2D eigenvalue weighted by Gasteiger charge is 2.25. The number of oxazole rings is 1. The van der Waals surface area contributed by atoms with Gasteiger partial charge in [-0.25, -0.2) is 14.5 Å². The van der Waals surface area contributed by atoms with E-state index < -0.39 is 0 Å². The number of rotatable bonds is 5. The molecule has 2 aromatic carbocycles. The largest absolute Gasteiger partial charge is 0.453 e. The van der Waals surface area contributed by atoms with Crippen molar-refractivity contribution in [1.82, 2.24) is 9.97 Å².